The summed E-state index contributed by atoms with van der Waals surface area (Å²) in [5, 5.41) is 11.4. The van der Waals surface area contributed by atoms with Crippen molar-refractivity contribution in [2.45, 2.75) is 24.2 Å². The maximum absolute atomic E-state index is 12.5. The first-order valence-electron chi connectivity index (χ1n) is 7.63. The molecule has 23 heavy (non-hydrogen) atoms. The molecule has 0 atom stereocenters. The highest BCUT2D eigenvalue weighted by molar-refractivity contribution is 7.99. The van der Waals surface area contributed by atoms with E-state index >= 15 is 0 Å². The minimum absolute atomic E-state index is 0.0427. The van der Waals surface area contributed by atoms with Gasteiger partial charge < -0.3 is 10.4 Å². The van der Waals surface area contributed by atoms with Crippen molar-refractivity contribution in [1.82, 2.24) is 4.31 Å². The van der Waals surface area contributed by atoms with Crippen LogP contribution in [0.1, 0.15) is 19.3 Å². The van der Waals surface area contributed by atoms with Gasteiger partial charge in [0.25, 0.3) is 0 Å². The number of thioether (sulfide) groups is 1. The number of nitrogens with one attached hydrogen (secondary N) is 1. The summed E-state index contributed by atoms with van der Waals surface area (Å²) in [6, 6.07) is 6.26. The molecule has 1 aliphatic heterocycles. The third-order valence-corrected chi connectivity index (χ3v) is 6.41. The van der Waals surface area contributed by atoms with Crippen LogP contribution < -0.4 is 5.32 Å². The molecule has 1 aromatic carbocycles. The van der Waals surface area contributed by atoms with Crippen molar-refractivity contribution in [2.75, 3.05) is 36.5 Å². The molecule has 0 bridgehead atoms. The molecule has 0 aliphatic carbocycles. The number of aliphatic hydroxyl groups is 1. The van der Waals surface area contributed by atoms with E-state index in [1.54, 1.807) is 12.1 Å². The van der Waals surface area contributed by atoms with E-state index in [9.17, 15) is 13.2 Å². The lowest BCUT2D eigenvalue weighted by Gasteiger charge is -2.25. The Kier molecular flexibility index (Phi) is 6.88. The van der Waals surface area contributed by atoms with E-state index in [1.165, 1.54) is 28.2 Å². The number of carbonyl (C=O) groups excluding carboxylic acids is 1. The van der Waals surface area contributed by atoms with E-state index in [2.05, 4.69) is 5.32 Å². The molecule has 2 rings (SSSR count). The maximum atomic E-state index is 12.5. The topological polar surface area (TPSA) is 86.7 Å². The molecule has 6 nitrogen and oxygen atoms in total. The number of nitrogens with zero attached hydrogens (tertiary/aromatic N) is 1. The standard InChI is InChI=1S/C15H22N2O4S2/c18-10-11-22-12-15(19)16-13-4-6-14(7-5-13)23(20,21)17-8-2-1-3-9-17/h4-7,18H,1-3,8-12H2,(H,16,19). The molecule has 0 aromatic heterocycles. The van der Waals surface area contributed by atoms with E-state index in [-0.39, 0.29) is 23.2 Å². The lowest BCUT2D eigenvalue weighted by molar-refractivity contribution is -0.113. The van der Waals surface area contributed by atoms with Crippen molar-refractivity contribution in [3.05, 3.63) is 24.3 Å². The van der Waals surface area contributed by atoms with Crippen LogP contribution >= 0.6 is 11.8 Å². The molecule has 1 amide bonds. The summed E-state index contributed by atoms with van der Waals surface area (Å²) in [6.45, 7) is 1.19. The number of piperidine rings is 1. The number of carbonyl (C=O) groups is 1. The highest BCUT2D eigenvalue weighted by atomic mass is 32.2. The van der Waals surface area contributed by atoms with Gasteiger partial charge in [0.05, 0.1) is 17.3 Å². The fraction of sp³-hybridized carbons (Fsp3) is 0.533. The van der Waals surface area contributed by atoms with E-state index in [4.69, 9.17) is 5.11 Å². The molecule has 0 spiro atoms. The molecule has 1 heterocycles. The lowest BCUT2D eigenvalue weighted by atomic mass is 10.2. The Hall–Kier alpha value is -1.09. The molecule has 1 aromatic rings. The molecule has 0 saturated carbocycles. The van der Waals surface area contributed by atoms with Crippen molar-refractivity contribution in [3.63, 3.8) is 0 Å². The number of rotatable bonds is 7. The fourth-order valence-electron chi connectivity index (χ4n) is 2.39. The van der Waals surface area contributed by atoms with Gasteiger partial charge >= 0.3 is 0 Å². The molecule has 2 N–H and O–H groups in total. The summed E-state index contributed by atoms with van der Waals surface area (Å²) < 4.78 is 26.5. The summed E-state index contributed by atoms with van der Waals surface area (Å²) in [5.41, 5.74) is 0.567. The predicted octanol–water partition coefficient (Wildman–Crippen LogP) is 1.53. The quantitative estimate of drug-likeness (QED) is 0.722. The van der Waals surface area contributed by atoms with Gasteiger partial charge in [-0.05, 0) is 37.1 Å². The Morgan fingerprint density at radius 2 is 1.83 bits per heavy atom. The van der Waals surface area contributed by atoms with Crippen LogP contribution in [0, 0.1) is 0 Å². The Balaban J connectivity index is 1.97. The van der Waals surface area contributed by atoms with Gasteiger partial charge in [0.2, 0.25) is 15.9 Å². The summed E-state index contributed by atoms with van der Waals surface area (Å²) in [7, 11) is -3.44. The molecular formula is C15H22N2O4S2. The number of hydrogen-bond donors (Lipinski definition) is 2. The molecule has 8 heteroatoms. The van der Waals surface area contributed by atoms with E-state index in [1.807, 2.05) is 0 Å². The minimum atomic E-state index is -3.44. The second-order valence-electron chi connectivity index (χ2n) is 5.31. The van der Waals surface area contributed by atoms with Gasteiger partial charge in [-0.25, -0.2) is 8.42 Å². The fourth-order valence-corrected chi connectivity index (χ4v) is 4.44. The second kappa shape index (κ2) is 8.68. The van der Waals surface area contributed by atoms with Gasteiger partial charge in [-0.2, -0.15) is 4.31 Å². The van der Waals surface area contributed by atoms with Crippen molar-refractivity contribution in [3.8, 4) is 0 Å². The maximum Gasteiger partial charge on any atom is 0.243 e. The van der Waals surface area contributed by atoms with Crippen LogP contribution in [-0.4, -0.2) is 54.9 Å². The molecule has 0 radical (unpaired) electrons. The van der Waals surface area contributed by atoms with Crippen LogP contribution in [-0.2, 0) is 14.8 Å². The lowest BCUT2D eigenvalue weighted by Crippen LogP contribution is -2.35. The first-order valence-corrected chi connectivity index (χ1v) is 10.2. The first kappa shape index (κ1) is 18.3. The summed E-state index contributed by atoms with van der Waals surface area (Å²) in [4.78, 5) is 11.9. The number of anilines is 1. The van der Waals surface area contributed by atoms with Crippen molar-refractivity contribution >= 4 is 33.4 Å². The molecule has 1 fully saturated rings. The molecule has 128 valence electrons. The zero-order valence-electron chi connectivity index (χ0n) is 12.9. The number of aliphatic hydroxyl groups excluding tert-OH is 1. The largest absolute Gasteiger partial charge is 0.396 e. The van der Waals surface area contributed by atoms with Crippen LogP contribution in [0.3, 0.4) is 0 Å². The molecule has 0 unspecified atom stereocenters. The smallest absolute Gasteiger partial charge is 0.243 e. The Bertz CT molecular complexity index is 611. The minimum Gasteiger partial charge on any atom is -0.396 e. The van der Waals surface area contributed by atoms with Gasteiger partial charge in [0.1, 0.15) is 0 Å². The van der Waals surface area contributed by atoms with Gasteiger partial charge in [0, 0.05) is 24.5 Å². The molecule has 1 aliphatic rings. The van der Waals surface area contributed by atoms with Crippen LogP contribution in [0.25, 0.3) is 0 Å². The third-order valence-electron chi connectivity index (χ3n) is 3.56. The first-order chi connectivity index (χ1) is 11.0. The van der Waals surface area contributed by atoms with Crippen LogP contribution in [0.5, 0.6) is 0 Å². The van der Waals surface area contributed by atoms with Crippen LogP contribution in [0.4, 0.5) is 5.69 Å². The average Bonchev–Trinajstić information content (AvgIpc) is 2.56. The summed E-state index contributed by atoms with van der Waals surface area (Å²) in [5.74, 6) is 0.601. The molecular weight excluding hydrogens is 336 g/mol. The number of sulfonamides is 1. The van der Waals surface area contributed by atoms with Crippen molar-refractivity contribution in [1.29, 1.82) is 0 Å². The van der Waals surface area contributed by atoms with Gasteiger partial charge in [-0.3, -0.25) is 4.79 Å². The number of benzene rings is 1. The number of hydrogen-bond acceptors (Lipinski definition) is 5. The van der Waals surface area contributed by atoms with E-state index in [0.717, 1.165) is 19.3 Å². The SMILES string of the molecule is O=C(CSCCO)Nc1ccc(S(=O)(=O)N2CCCCC2)cc1. The van der Waals surface area contributed by atoms with Crippen LogP contribution in [0.2, 0.25) is 0 Å². The predicted molar refractivity (Wildman–Crippen MR) is 92.1 cm³/mol. The Morgan fingerprint density at radius 1 is 1.17 bits per heavy atom. The highest BCUT2D eigenvalue weighted by Crippen LogP contribution is 2.22. The Morgan fingerprint density at radius 3 is 2.43 bits per heavy atom. The second-order valence-corrected chi connectivity index (χ2v) is 8.36. The van der Waals surface area contributed by atoms with Crippen molar-refractivity contribution in [2.24, 2.45) is 0 Å². The van der Waals surface area contributed by atoms with Crippen molar-refractivity contribution < 1.29 is 18.3 Å². The van der Waals surface area contributed by atoms with Crippen LogP contribution in [0.15, 0.2) is 29.2 Å². The third kappa shape index (κ3) is 5.20. The molecule has 1 saturated heterocycles. The van der Waals surface area contributed by atoms with Gasteiger partial charge in [-0.15, -0.1) is 11.8 Å². The van der Waals surface area contributed by atoms with E-state index < -0.39 is 10.0 Å². The average molecular weight is 358 g/mol. The highest BCUT2D eigenvalue weighted by Gasteiger charge is 2.25. The zero-order chi connectivity index (χ0) is 16.7. The Labute approximate surface area is 141 Å². The zero-order valence-corrected chi connectivity index (χ0v) is 14.5. The monoisotopic (exact) mass is 358 g/mol. The van der Waals surface area contributed by atoms with Gasteiger partial charge in [0.15, 0.2) is 0 Å². The summed E-state index contributed by atoms with van der Waals surface area (Å²) >= 11 is 1.34. The number of amides is 1. The normalized spacial score (nSPS) is 16.2. The van der Waals surface area contributed by atoms with E-state index in [0.29, 0.717) is 24.5 Å². The van der Waals surface area contributed by atoms with Gasteiger partial charge in [-0.1, -0.05) is 6.42 Å². The summed E-state index contributed by atoms with van der Waals surface area (Å²) in [6.07, 6.45) is 2.88.